The second-order valence-corrected chi connectivity index (χ2v) is 3.92. The molecule has 0 aromatic rings. The summed E-state index contributed by atoms with van der Waals surface area (Å²) in [5, 5.41) is 0. The minimum absolute atomic E-state index is 0.247. The highest BCUT2D eigenvalue weighted by atomic mass is 16.5. The minimum atomic E-state index is -0.247. The Morgan fingerprint density at radius 3 is 2.47 bits per heavy atom. The number of carbonyl (C=O) groups is 1. The normalized spacial score (nSPS) is 13.2. The zero-order chi connectivity index (χ0) is 13.1. The Morgan fingerprint density at radius 1 is 1.24 bits per heavy atom. The molecule has 0 spiro atoms. The Labute approximate surface area is 105 Å². The first-order valence-electron chi connectivity index (χ1n) is 6.36. The van der Waals surface area contributed by atoms with Crippen molar-refractivity contribution in [1.82, 2.24) is 0 Å². The Morgan fingerprint density at radius 2 is 1.94 bits per heavy atom. The molecule has 0 aromatic carbocycles. The third-order valence-corrected chi connectivity index (χ3v) is 2.20. The molecule has 0 fully saturated rings. The number of allylic oxidation sites excluding steroid dienone is 4. The van der Waals surface area contributed by atoms with Gasteiger partial charge in [-0.3, -0.25) is 0 Å². The predicted molar refractivity (Wildman–Crippen MR) is 72.8 cm³/mol. The molecular weight excluding hydrogens is 212 g/mol. The van der Waals surface area contributed by atoms with E-state index in [2.05, 4.69) is 13.8 Å². The summed E-state index contributed by atoms with van der Waals surface area (Å²) in [6.07, 6.45) is 10.7. The molecule has 0 aliphatic rings. The molecule has 0 bridgehead atoms. The van der Waals surface area contributed by atoms with Crippen LogP contribution in [0.25, 0.3) is 0 Å². The van der Waals surface area contributed by atoms with E-state index in [0.29, 0.717) is 12.2 Å². The van der Waals surface area contributed by atoms with Crippen LogP contribution in [0.1, 0.15) is 47.0 Å². The average Bonchev–Trinajstić information content (AvgIpc) is 2.28. The number of carbonyl (C=O) groups excluding carboxylic acids is 1. The second-order valence-electron chi connectivity index (χ2n) is 3.92. The number of hydrogen-bond acceptors (Lipinski definition) is 2. The maximum Gasteiger partial charge on any atom is 0.338 e. The summed E-state index contributed by atoms with van der Waals surface area (Å²) >= 11 is 0. The van der Waals surface area contributed by atoms with Crippen molar-refractivity contribution >= 4 is 5.97 Å². The third-order valence-electron chi connectivity index (χ3n) is 2.20. The van der Waals surface area contributed by atoms with Crippen molar-refractivity contribution in [2.24, 2.45) is 0 Å². The first kappa shape index (κ1) is 15.7. The lowest BCUT2D eigenvalue weighted by atomic mass is 10.1. The van der Waals surface area contributed by atoms with Gasteiger partial charge in [-0.1, -0.05) is 38.0 Å². The van der Waals surface area contributed by atoms with Crippen LogP contribution in [-0.4, -0.2) is 12.6 Å². The number of esters is 1. The SMILES string of the molecule is CC/C=C/C=C(\C=C(/C)CCC)C(=O)OCC. The van der Waals surface area contributed by atoms with Crippen molar-refractivity contribution in [1.29, 1.82) is 0 Å². The fourth-order valence-electron chi connectivity index (χ4n) is 1.43. The molecule has 0 saturated carbocycles. The van der Waals surface area contributed by atoms with E-state index in [0.717, 1.165) is 19.3 Å². The fraction of sp³-hybridized carbons (Fsp3) is 0.533. The standard InChI is InChI=1S/C15H24O2/c1-5-8-9-11-14(15(16)17-7-3)12-13(4)10-6-2/h8-9,11-12H,5-7,10H2,1-4H3/b9-8+,13-12+,14-11+. The summed E-state index contributed by atoms with van der Waals surface area (Å²) in [5.74, 6) is -0.247. The summed E-state index contributed by atoms with van der Waals surface area (Å²) in [6, 6.07) is 0. The molecule has 0 amide bonds. The van der Waals surface area contributed by atoms with E-state index in [-0.39, 0.29) is 5.97 Å². The van der Waals surface area contributed by atoms with Crippen molar-refractivity contribution in [3.8, 4) is 0 Å². The van der Waals surface area contributed by atoms with Crippen molar-refractivity contribution in [2.45, 2.75) is 47.0 Å². The lowest BCUT2D eigenvalue weighted by Crippen LogP contribution is -2.06. The highest BCUT2D eigenvalue weighted by molar-refractivity contribution is 5.92. The molecule has 0 radical (unpaired) electrons. The van der Waals surface area contributed by atoms with E-state index in [1.807, 2.05) is 38.2 Å². The molecule has 0 N–H and O–H groups in total. The van der Waals surface area contributed by atoms with E-state index in [1.54, 1.807) is 0 Å². The van der Waals surface area contributed by atoms with Gasteiger partial charge in [0.1, 0.15) is 0 Å². The Kier molecular flexibility index (Phi) is 9.12. The van der Waals surface area contributed by atoms with Crippen molar-refractivity contribution < 1.29 is 9.53 Å². The molecule has 0 rings (SSSR count). The van der Waals surface area contributed by atoms with E-state index in [1.165, 1.54) is 5.57 Å². The average molecular weight is 236 g/mol. The smallest absolute Gasteiger partial charge is 0.338 e. The van der Waals surface area contributed by atoms with Gasteiger partial charge in [0.05, 0.1) is 12.2 Å². The van der Waals surface area contributed by atoms with Gasteiger partial charge in [0.15, 0.2) is 0 Å². The molecular formula is C15H24O2. The zero-order valence-corrected chi connectivity index (χ0v) is 11.5. The molecule has 0 aliphatic carbocycles. The minimum Gasteiger partial charge on any atom is -0.462 e. The summed E-state index contributed by atoms with van der Waals surface area (Å²) < 4.78 is 5.03. The van der Waals surface area contributed by atoms with E-state index in [9.17, 15) is 4.79 Å². The summed E-state index contributed by atoms with van der Waals surface area (Å²) in [7, 11) is 0. The second kappa shape index (κ2) is 9.88. The van der Waals surface area contributed by atoms with E-state index in [4.69, 9.17) is 4.74 Å². The lowest BCUT2D eigenvalue weighted by Gasteiger charge is -2.04. The van der Waals surface area contributed by atoms with Gasteiger partial charge in [-0.2, -0.15) is 0 Å². The zero-order valence-electron chi connectivity index (χ0n) is 11.5. The lowest BCUT2D eigenvalue weighted by molar-refractivity contribution is -0.138. The predicted octanol–water partition coefficient (Wildman–Crippen LogP) is 4.19. The number of ether oxygens (including phenoxy) is 1. The highest BCUT2D eigenvalue weighted by Gasteiger charge is 2.06. The van der Waals surface area contributed by atoms with Gasteiger partial charge >= 0.3 is 5.97 Å². The molecule has 0 unspecified atom stereocenters. The topological polar surface area (TPSA) is 26.3 Å². The van der Waals surface area contributed by atoms with Gasteiger partial charge in [-0.15, -0.1) is 0 Å². The molecule has 17 heavy (non-hydrogen) atoms. The van der Waals surface area contributed by atoms with Crippen LogP contribution >= 0.6 is 0 Å². The Balaban J connectivity index is 4.84. The highest BCUT2D eigenvalue weighted by Crippen LogP contribution is 2.10. The summed E-state index contributed by atoms with van der Waals surface area (Å²) in [5.41, 5.74) is 1.83. The van der Waals surface area contributed by atoms with Crippen LogP contribution in [0.15, 0.2) is 35.5 Å². The maximum absolute atomic E-state index is 11.7. The van der Waals surface area contributed by atoms with Crippen LogP contribution < -0.4 is 0 Å². The van der Waals surface area contributed by atoms with Crippen molar-refractivity contribution in [2.75, 3.05) is 6.61 Å². The van der Waals surface area contributed by atoms with Gasteiger partial charge in [0, 0.05) is 0 Å². The van der Waals surface area contributed by atoms with Crippen molar-refractivity contribution in [3.63, 3.8) is 0 Å². The third kappa shape index (κ3) is 7.56. The van der Waals surface area contributed by atoms with Gasteiger partial charge in [0.25, 0.3) is 0 Å². The number of hydrogen-bond donors (Lipinski definition) is 0. The first-order valence-corrected chi connectivity index (χ1v) is 6.36. The Hall–Kier alpha value is -1.31. The molecule has 0 saturated heterocycles. The fourth-order valence-corrected chi connectivity index (χ4v) is 1.43. The van der Waals surface area contributed by atoms with Gasteiger partial charge < -0.3 is 4.74 Å². The molecule has 0 atom stereocenters. The van der Waals surface area contributed by atoms with Crippen LogP contribution in [-0.2, 0) is 9.53 Å². The van der Waals surface area contributed by atoms with Crippen LogP contribution in [0, 0.1) is 0 Å². The molecule has 0 aliphatic heterocycles. The van der Waals surface area contributed by atoms with E-state index < -0.39 is 0 Å². The quantitative estimate of drug-likeness (QED) is 0.376. The van der Waals surface area contributed by atoms with Gasteiger partial charge in [-0.25, -0.2) is 4.79 Å². The van der Waals surface area contributed by atoms with Gasteiger partial charge in [0.2, 0.25) is 0 Å². The van der Waals surface area contributed by atoms with Crippen LogP contribution in [0.4, 0.5) is 0 Å². The molecule has 2 heteroatoms. The van der Waals surface area contributed by atoms with Crippen LogP contribution in [0.2, 0.25) is 0 Å². The molecule has 2 nitrogen and oxygen atoms in total. The maximum atomic E-state index is 11.7. The summed E-state index contributed by atoms with van der Waals surface area (Å²) in [6.45, 7) is 8.46. The molecule has 0 heterocycles. The monoisotopic (exact) mass is 236 g/mol. The van der Waals surface area contributed by atoms with Crippen molar-refractivity contribution in [3.05, 3.63) is 35.5 Å². The largest absolute Gasteiger partial charge is 0.462 e. The van der Waals surface area contributed by atoms with Crippen LogP contribution in [0.3, 0.4) is 0 Å². The Bertz CT molecular complexity index is 309. The van der Waals surface area contributed by atoms with Gasteiger partial charge in [-0.05, 0) is 38.8 Å². The number of rotatable bonds is 7. The first-order chi connectivity index (χ1) is 8.15. The summed E-state index contributed by atoms with van der Waals surface area (Å²) in [4.78, 5) is 11.7. The molecule has 96 valence electrons. The van der Waals surface area contributed by atoms with Crippen LogP contribution in [0.5, 0.6) is 0 Å². The van der Waals surface area contributed by atoms with E-state index >= 15 is 0 Å². The molecule has 0 aromatic heterocycles.